The molecule has 3 rings (SSSR count). The predicted molar refractivity (Wildman–Crippen MR) is 113 cm³/mol. The summed E-state index contributed by atoms with van der Waals surface area (Å²) in [5, 5.41) is 4.64. The van der Waals surface area contributed by atoms with Crippen molar-refractivity contribution in [1.82, 2.24) is 15.3 Å². The smallest absolute Gasteiger partial charge is 0.221 e. The molecule has 0 saturated heterocycles. The van der Waals surface area contributed by atoms with Gasteiger partial charge < -0.3 is 15.0 Å². The van der Waals surface area contributed by atoms with Crippen LogP contribution in [0.15, 0.2) is 18.2 Å². The van der Waals surface area contributed by atoms with E-state index in [0.717, 1.165) is 41.8 Å². The van der Waals surface area contributed by atoms with Gasteiger partial charge in [0, 0.05) is 49.0 Å². The molecule has 0 radical (unpaired) electrons. The van der Waals surface area contributed by atoms with Crippen molar-refractivity contribution in [2.24, 2.45) is 0 Å². The zero-order valence-corrected chi connectivity index (χ0v) is 17.6. The first kappa shape index (κ1) is 20.8. The van der Waals surface area contributed by atoms with Crippen LogP contribution in [0.25, 0.3) is 10.9 Å². The lowest BCUT2D eigenvalue weighted by Crippen LogP contribution is -2.36. The molecule has 28 heavy (non-hydrogen) atoms. The van der Waals surface area contributed by atoms with Gasteiger partial charge in [-0.15, -0.1) is 0 Å². The molecule has 2 aromatic rings. The number of halogens is 1. The monoisotopic (exact) mass is 404 g/mol. The maximum atomic E-state index is 12.3. The number of hydrogen-bond donors (Lipinski definition) is 1. The number of hydrogen-bond acceptors (Lipinski definition) is 5. The Bertz CT molecular complexity index is 825. The predicted octanol–water partition coefficient (Wildman–Crippen LogP) is 3.92. The molecule has 1 aliphatic rings. The van der Waals surface area contributed by atoms with Gasteiger partial charge in [0.25, 0.3) is 0 Å². The molecule has 1 unspecified atom stereocenters. The van der Waals surface area contributed by atoms with Crippen LogP contribution in [0, 0.1) is 0 Å². The van der Waals surface area contributed by atoms with E-state index >= 15 is 0 Å². The van der Waals surface area contributed by atoms with Crippen LogP contribution < -0.4 is 10.2 Å². The third kappa shape index (κ3) is 5.32. The van der Waals surface area contributed by atoms with Crippen LogP contribution in [0.4, 0.5) is 5.82 Å². The van der Waals surface area contributed by atoms with Gasteiger partial charge in [-0.05, 0) is 44.4 Å². The van der Waals surface area contributed by atoms with Crippen LogP contribution >= 0.6 is 11.6 Å². The number of rotatable bonds is 10. The van der Waals surface area contributed by atoms with Crippen molar-refractivity contribution in [3.8, 4) is 0 Å². The minimum atomic E-state index is 0.0561. The van der Waals surface area contributed by atoms with Gasteiger partial charge in [-0.25, -0.2) is 9.97 Å². The summed E-state index contributed by atoms with van der Waals surface area (Å²) in [7, 11) is 1.68. The number of carbonyl (C=O) groups excluding carboxylic acids is 1. The molecule has 1 aromatic carbocycles. The van der Waals surface area contributed by atoms with E-state index in [1.54, 1.807) is 7.11 Å². The lowest BCUT2D eigenvalue weighted by molar-refractivity contribution is -0.121. The molecule has 1 aliphatic carbocycles. The fraction of sp³-hybridized carbons (Fsp3) is 0.571. The number of ether oxygens (including phenoxy) is 1. The first-order chi connectivity index (χ1) is 13.5. The Hall–Kier alpha value is -1.92. The molecule has 152 valence electrons. The summed E-state index contributed by atoms with van der Waals surface area (Å²) >= 11 is 6.20. The van der Waals surface area contributed by atoms with E-state index in [1.165, 1.54) is 0 Å². The van der Waals surface area contributed by atoms with Gasteiger partial charge in [-0.1, -0.05) is 18.5 Å². The molecule has 0 bridgehead atoms. The minimum absolute atomic E-state index is 0.0561. The van der Waals surface area contributed by atoms with Crippen LogP contribution in [-0.2, 0) is 9.53 Å². The zero-order chi connectivity index (χ0) is 20.1. The molecule has 1 aromatic heterocycles. The Labute approximate surface area is 171 Å². The summed E-state index contributed by atoms with van der Waals surface area (Å²) in [6.45, 7) is 5.87. The number of carbonyl (C=O) groups is 1. The van der Waals surface area contributed by atoms with Crippen LogP contribution in [0.5, 0.6) is 0 Å². The maximum absolute atomic E-state index is 12.3. The second-order valence-corrected chi connectivity index (χ2v) is 7.88. The first-order valence-corrected chi connectivity index (χ1v) is 10.4. The second kappa shape index (κ2) is 9.52. The molecule has 7 heteroatoms. The lowest BCUT2D eigenvalue weighted by Gasteiger charge is -2.25. The topological polar surface area (TPSA) is 67.4 Å². The van der Waals surface area contributed by atoms with Crippen molar-refractivity contribution >= 4 is 34.2 Å². The number of nitrogens with one attached hydrogen (secondary N) is 1. The van der Waals surface area contributed by atoms with Gasteiger partial charge in [0.1, 0.15) is 11.6 Å². The van der Waals surface area contributed by atoms with E-state index in [1.807, 2.05) is 25.1 Å². The van der Waals surface area contributed by atoms with Crippen LogP contribution in [0.2, 0.25) is 5.02 Å². The maximum Gasteiger partial charge on any atom is 0.221 e. The van der Waals surface area contributed by atoms with Gasteiger partial charge >= 0.3 is 0 Å². The molecular formula is C21H29ClN4O2. The Balaban J connectivity index is 1.88. The van der Waals surface area contributed by atoms with Crippen molar-refractivity contribution in [3.05, 3.63) is 29.0 Å². The average Bonchev–Trinajstić information content (AvgIpc) is 3.52. The summed E-state index contributed by atoms with van der Waals surface area (Å²) in [6, 6.07) is 5.89. The van der Waals surface area contributed by atoms with Crippen molar-refractivity contribution in [2.75, 3.05) is 31.7 Å². The summed E-state index contributed by atoms with van der Waals surface area (Å²) < 4.78 is 5.30. The molecule has 0 spiro atoms. The van der Waals surface area contributed by atoms with E-state index in [2.05, 4.69) is 17.1 Å². The van der Waals surface area contributed by atoms with Gasteiger partial charge in [0.15, 0.2) is 0 Å². The number of benzene rings is 1. The molecule has 1 saturated carbocycles. The molecule has 1 heterocycles. The summed E-state index contributed by atoms with van der Waals surface area (Å²) in [5.41, 5.74) is 0.853. The largest absolute Gasteiger partial charge is 0.383 e. The van der Waals surface area contributed by atoms with Crippen LogP contribution in [0.3, 0.4) is 0 Å². The van der Waals surface area contributed by atoms with E-state index < -0.39 is 0 Å². The summed E-state index contributed by atoms with van der Waals surface area (Å²) in [6.07, 6.45) is 3.58. The number of nitrogens with zero attached hydrogens (tertiary/aromatic N) is 3. The summed E-state index contributed by atoms with van der Waals surface area (Å²) in [5.74, 6) is 2.22. The molecule has 0 aliphatic heterocycles. The zero-order valence-electron chi connectivity index (χ0n) is 16.9. The normalized spacial score (nSPS) is 14.9. The third-order valence-corrected chi connectivity index (χ3v) is 5.33. The van der Waals surface area contributed by atoms with Crippen molar-refractivity contribution in [2.45, 2.75) is 51.5 Å². The van der Waals surface area contributed by atoms with Crippen LogP contribution in [-0.4, -0.2) is 48.7 Å². The van der Waals surface area contributed by atoms with Gasteiger partial charge in [-0.3, -0.25) is 4.79 Å². The van der Waals surface area contributed by atoms with Crippen molar-refractivity contribution in [1.29, 1.82) is 0 Å². The third-order valence-electron chi connectivity index (χ3n) is 5.09. The molecule has 1 fully saturated rings. The Morgan fingerprint density at radius 3 is 2.82 bits per heavy atom. The highest BCUT2D eigenvalue weighted by atomic mass is 35.5. The standard InChI is InChI=1S/C21H29ClN4O2/c1-4-14(2)23-19(27)9-10-26(11-12-28-3)21-17-8-7-16(22)13-18(17)24-20(25-21)15-5-6-15/h7-8,13-15H,4-6,9-12H2,1-3H3,(H,23,27). The quantitative estimate of drug-likeness (QED) is 0.650. The second-order valence-electron chi connectivity index (χ2n) is 7.45. The fourth-order valence-electron chi connectivity index (χ4n) is 3.08. The number of amides is 1. The van der Waals surface area contributed by atoms with Gasteiger partial charge in [0.2, 0.25) is 5.91 Å². The molecular weight excluding hydrogens is 376 g/mol. The van der Waals surface area contributed by atoms with Gasteiger partial charge in [-0.2, -0.15) is 0 Å². The lowest BCUT2D eigenvalue weighted by atomic mass is 10.2. The van der Waals surface area contributed by atoms with Crippen molar-refractivity contribution < 1.29 is 9.53 Å². The van der Waals surface area contributed by atoms with E-state index in [0.29, 0.717) is 37.1 Å². The van der Waals surface area contributed by atoms with E-state index in [-0.39, 0.29) is 11.9 Å². The molecule has 1 atom stereocenters. The molecule has 6 nitrogen and oxygen atoms in total. The number of methoxy groups -OCH3 is 1. The SMILES string of the molecule is CCC(C)NC(=O)CCN(CCOC)c1nc(C2CC2)nc2cc(Cl)ccc12. The Morgan fingerprint density at radius 1 is 1.36 bits per heavy atom. The number of fused-ring (bicyclic) bond motifs is 1. The Kier molecular flexibility index (Phi) is 7.08. The highest BCUT2D eigenvalue weighted by molar-refractivity contribution is 6.31. The average molecular weight is 405 g/mol. The summed E-state index contributed by atoms with van der Waals surface area (Å²) in [4.78, 5) is 24.0. The van der Waals surface area contributed by atoms with E-state index in [4.69, 9.17) is 26.3 Å². The Morgan fingerprint density at radius 2 is 2.14 bits per heavy atom. The highest BCUT2D eigenvalue weighted by Crippen LogP contribution is 2.40. The highest BCUT2D eigenvalue weighted by Gasteiger charge is 2.28. The fourth-order valence-corrected chi connectivity index (χ4v) is 3.25. The first-order valence-electron chi connectivity index (χ1n) is 10.0. The van der Waals surface area contributed by atoms with E-state index in [9.17, 15) is 4.79 Å². The molecule has 1 amide bonds. The van der Waals surface area contributed by atoms with Crippen LogP contribution in [0.1, 0.15) is 51.3 Å². The van der Waals surface area contributed by atoms with Crippen molar-refractivity contribution in [3.63, 3.8) is 0 Å². The molecule has 1 N–H and O–H groups in total. The minimum Gasteiger partial charge on any atom is -0.383 e. The number of anilines is 1. The van der Waals surface area contributed by atoms with Gasteiger partial charge in [0.05, 0.1) is 12.1 Å². The number of aromatic nitrogens is 2.